The Morgan fingerprint density at radius 1 is 1.30 bits per heavy atom. The van der Waals surface area contributed by atoms with Gasteiger partial charge < -0.3 is 19.0 Å². The molecule has 0 aliphatic carbocycles. The predicted octanol–water partition coefficient (Wildman–Crippen LogP) is 1.95. The predicted molar refractivity (Wildman–Crippen MR) is 71.2 cm³/mol. The summed E-state index contributed by atoms with van der Waals surface area (Å²) in [5, 5.41) is 0. The molecule has 2 atom stereocenters. The average molecular weight is 278 g/mol. The van der Waals surface area contributed by atoms with E-state index < -0.39 is 23.5 Å². The monoisotopic (exact) mass is 278 g/mol. The number of carbonyl (C=O) groups is 2. The van der Waals surface area contributed by atoms with Gasteiger partial charge in [0.25, 0.3) is 0 Å². The first-order chi connectivity index (χ1) is 9.36. The maximum absolute atomic E-state index is 11.9. The third-order valence-electron chi connectivity index (χ3n) is 3.11. The molecular weight excluding hydrogens is 260 g/mol. The molecule has 0 N–H and O–H groups in total. The van der Waals surface area contributed by atoms with E-state index in [-0.39, 0.29) is 6.61 Å². The molecule has 2 rings (SSSR count). The second-order valence-electron chi connectivity index (χ2n) is 5.43. The summed E-state index contributed by atoms with van der Waals surface area (Å²) in [4.78, 5) is 23.0. The molecule has 1 aromatic carbocycles. The first kappa shape index (κ1) is 14.7. The molecule has 0 spiro atoms. The van der Waals surface area contributed by atoms with Crippen LogP contribution in [0.25, 0.3) is 0 Å². The van der Waals surface area contributed by atoms with E-state index in [9.17, 15) is 9.59 Å². The molecule has 0 aromatic heterocycles. The molecule has 1 aromatic rings. The van der Waals surface area contributed by atoms with Gasteiger partial charge in [-0.1, -0.05) is 18.2 Å². The van der Waals surface area contributed by atoms with Crippen LogP contribution in [0.3, 0.4) is 0 Å². The number of hydrogen-bond acceptors (Lipinski definition) is 5. The zero-order valence-electron chi connectivity index (χ0n) is 11.8. The summed E-state index contributed by atoms with van der Waals surface area (Å²) in [5.74, 6) is -1.33. The molecule has 5 heteroatoms. The number of esters is 1. The summed E-state index contributed by atoms with van der Waals surface area (Å²) in [6.07, 6.45) is -0.0912. The van der Waals surface area contributed by atoms with E-state index >= 15 is 0 Å². The van der Waals surface area contributed by atoms with Crippen LogP contribution in [-0.4, -0.2) is 36.4 Å². The standard InChI is InChI=1S/C15H18O5/c1-14(2)19-12(9-16)15(3,20-14)10-18-13(17)11-7-5-4-6-8-11/h4-9,12H,10H2,1-3H3/t12-,15+/m1/s1. The van der Waals surface area contributed by atoms with Crippen molar-refractivity contribution in [2.75, 3.05) is 6.61 Å². The topological polar surface area (TPSA) is 61.8 Å². The largest absolute Gasteiger partial charge is 0.459 e. The summed E-state index contributed by atoms with van der Waals surface area (Å²) in [7, 11) is 0. The molecular formula is C15H18O5. The number of ether oxygens (including phenoxy) is 3. The van der Waals surface area contributed by atoms with E-state index in [4.69, 9.17) is 14.2 Å². The molecule has 108 valence electrons. The van der Waals surface area contributed by atoms with Crippen molar-refractivity contribution in [1.29, 1.82) is 0 Å². The van der Waals surface area contributed by atoms with E-state index in [1.54, 1.807) is 45.0 Å². The summed E-state index contributed by atoms with van der Waals surface area (Å²) in [5.41, 5.74) is -0.521. The Labute approximate surface area is 117 Å². The van der Waals surface area contributed by atoms with Crippen LogP contribution in [0.1, 0.15) is 31.1 Å². The van der Waals surface area contributed by atoms with Crippen molar-refractivity contribution >= 4 is 12.3 Å². The lowest BCUT2D eigenvalue weighted by molar-refractivity contribution is -0.167. The van der Waals surface area contributed by atoms with Crippen molar-refractivity contribution in [1.82, 2.24) is 0 Å². The Bertz CT molecular complexity index is 496. The molecule has 1 aliphatic heterocycles. The number of rotatable bonds is 4. The van der Waals surface area contributed by atoms with E-state index in [0.29, 0.717) is 11.8 Å². The van der Waals surface area contributed by atoms with Crippen LogP contribution in [-0.2, 0) is 19.0 Å². The second kappa shape index (κ2) is 5.34. The van der Waals surface area contributed by atoms with Crippen LogP contribution >= 0.6 is 0 Å². The van der Waals surface area contributed by atoms with Gasteiger partial charge in [0.1, 0.15) is 18.3 Å². The summed E-state index contributed by atoms with van der Waals surface area (Å²) in [6, 6.07) is 8.65. The molecule has 20 heavy (non-hydrogen) atoms. The lowest BCUT2D eigenvalue weighted by atomic mass is 10.0. The smallest absolute Gasteiger partial charge is 0.338 e. The molecule has 1 heterocycles. The molecule has 0 radical (unpaired) electrons. The van der Waals surface area contributed by atoms with Gasteiger partial charge in [-0.3, -0.25) is 0 Å². The van der Waals surface area contributed by atoms with Gasteiger partial charge in [0.2, 0.25) is 0 Å². The number of aldehydes is 1. The molecule has 0 unspecified atom stereocenters. The summed E-state index contributed by atoms with van der Waals surface area (Å²) in [6.45, 7) is 5.08. The van der Waals surface area contributed by atoms with Gasteiger partial charge in [-0.15, -0.1) is 0 Å². The number of hydrogen-bond donors (Lipinski definition) is 0. The van der Waals surface area contributed by atoms with Crippen molar-refractivity contribution in [2.24, 2.45) is 0 Å². The van der Waals surface area contributed by atoms with Gasteiger partial charge in [-0.2, -0.15) is 0 Å². The third kappa shape index (κ3) is 3.05. The molecule has 0 amide bonds. The van der Waals surface area contributed by atoms with Crippen molar-refractivity contribution in [3.63, 3.8) is 0 Å². The van der Waals surface area contributed by atoms with Crippen LogP contribution in [0.5, 0.6) is 0 Å². The molecule has 5 nitrogen and oxygen atoms in total. The third-order valence-corrected chi connectivity index (χ3v) is 3.11. The van der Waals surface area contributed by atoms with E-state index in [1.807, 2.05) is 6.07 Å². The minimum absolute atomic E-state index is 0.0481. The molecule has 1 aliphatic rings. The van der Waals surface area contributed by atoms with Gasteiger partial charge in [0.15, 0.2) is 12.1 Å². The Balaban J connectivity index is 2.03. The van der Waals surface area contributed by atoms with Crippen LogP contribution in [0.15, 0.2) is 30.3 Å². The van der Waals surface area contributed by atoms with Crippen LogP contribution < -0.4 is 0 Å². The van der Waals surface area contributed by atoms with Gasteiger partial charge in [0.05, 0.1) is 5.56 Å². The Morgan fingerprint density at radius 2 is 1.95 bits per heavy atom. The molecule has 0 bridgehead atoms. The molecule has 1 saturated heterocycles. The Hall–Kier alpha value is -1.72. The minimum atomic E-state index is -0.976. The van der Waals surface area contributed by atoms with E-state index in [2.05, 4.69) is 0 Å². The van der Waals surface area contributed by atoms with Crippen LogP contribution in [0.2, 0.25) is 0 Å². The van der Waals surface area contributed by atoms with E-state index in [0.717, 1.165) is 0 Å². The summed E-state index contributed by atoms with van der Waals surface area (Å²) >= 11 is 0. The maximum atomic E-state index is 11.9. The average Bonchev–Trinajstić information content (AvgIpc) is 2.67. The normalized spacial score (nSPS) is 28.1. The fraction of sp³-hybridized carbons (Fsp3) is 0.467. The molecule has 1 fully saturated rings. The highest BCUT2D eigenvalue weighted by Gasteiger charge is 2.51. The Kier molecular flexibility index (Phi) is 3.92. The van der Waals surface area contributed by atoms with Crippen LogP contribution in [0, 0.1) is 0 Å². The van der Waals surface area contributed by atoms with Gasteiger partial charge in [-0.25, -0.2) is 4.79 Å². The van der Waals surface area contributed by atoms with Crippen molar-refractivity contribution in [2.45, 2.75) is 38.3 Å². The van der Waals surface area contributed by atoms with Gasteiger partial charge in [-0.05, 0) is 32.9 Å². The van der Waals surface area contributed by atoms with Crippen LogP contribution in [0.4, 0.5) is 0 Å². The number of carbonyl (C=O) groups excluding carboxylic acids is 2. The zero-order valence-corrected chi connectivity index (χ0v) is 11.8. The lowest BCUT2D eigenvalue weighted by Crippen LogP contribution is -2.43. The van der Waals surface area contributed by atoms with Gasteiger partial charge in [0, 0.05) is 0 Å². The van der Waals surface area contributed by atoms with Crippen molar-refractivity contribution in [3.8, 4) is 0 Å². The highest BCUT2D eigenvalue weighted by atomic mass is 16.8. The lowest BCUT2D eigenvalue weighted by Gasteiger charge is -2.26. The number of benzene rings is 1. The van der Waals surface area contributed by atoms with E-state index in [1.165, 1.54) is 0 Å². The quantitative estimate of drug-likeness (QED) is 0.622. The first-order valence-corrected chi connectivity index (χ1v) is 6.42. The highest BCUT2D eigenvalue weighted by Crippen LogP contribution is 2.35. The SMILES string of the molecule is CC1(C)O[C@H](C=O)[C@](C)(COC(=O)c2ccccc2)O1. The maximum Gasteiger partial charge on any atom is 0.338 e. The van der Waals surface area contributed by atoms with Crippen molar-refractivity contribution < 1.29 is 23.8 Å². The van der Waals surface area contributed by atoms with Gasteiger partial charge >= 0.3 is 5.97 Å². The fourth-order valence-electron chi connectivity index (χ4n) is 2.22. The summed E-state index contributed by atoms with van der Waals surface area (Å²) < 4.78 is 16.4. The second-order valence-corrected chi connectivity index (χ2v) is 5.43. The minimum Gasteiger partial charge on any atom is -0.459 e. The zero-order chi connectivity index (χ0) is 14.8. The molecule has 0 saturated carbocycles. The fourth-order valence-corrected chi connectivity index (χ4v) is 2.22. The highest BCUT2D eigenvalue weighted by molar-refractivity contribution is 5.89. The van der Waals surface area contributed by atoms with Crippen molar-refractivity contribution in [3.05, 3.63) is 35.9 Å². The first-order valence-electron chi connectivity index (χ1n) is 6.42. The Morgan fingerprint density at radius 3 is 2.55 bits per heavy atom.